The molecule has 0 unspecified atom stereocenters. The van der Waals surface area contributed by atoms with E-state index < -0.39 is 8.07 Å². The topological polar surface area (TPSA) is 54.8 Å². The molecule has 0 atom stereocenters. The van der Waals surface area contributed by atoms with Gasteiger partial charge in [0.05, 0.1) is 42.0 Å². The van der Waals surface area contributed by atoms with Gasteiger partial charge in [0.1, 0.15) is 17.0 Å². The summed E-state index contributed by atoms with van der Waals surface area (Å²) in [7, 11) is -1.43. The van der Waals surface area contributed by atoms with Gasteiger partial charge >= 0.3 is 0 Å². The van der Waals surface area contributed by atoms with Crippen molar-refractivity contribution in [3.63, 3.8) is 0 Å². The van der Waals surface area contributed by atoms with Crippen molar-refractivity contribution in [3.8, 4) is 34.3 Å². The second-order valence-electron chi connectivity index (χ2n) is 16.4. The molecule has 0 saturated carbocycles. The molecule has 2 aromatic heterocycles. The third-order valence-corrected chi connectivity index (χ3v) is 13.2. The Morgan fingerprint density at radius 2 is 1.35 bits per heavy atom. The van der Waals surface area contributed by atoms with Gasteiger partial charge in [-0.3, -0.25) is 4.57 Å². The molecule has 5 heteroatoms. The molecule has 0 amide bonds. The van der Waals surface area contributed by atoms with Gasteiger partial charge in [-0.15, -0.1) is 0 Å². The van der Waals surface area contributed by atoms with Crippen molar-refractivity contribution in [2.24, 2.45) is 0 Å². The summed E-state index contributed by atoms with van der Waals surface area (Å²) in [6.07, 6.45) is 0. The Hall–Kier alpha value is -5.96. The van der Waals surface area contributed by atoms with Gasteiger partial charge < -0.3 is 4.42 Å². The van der Waals surface area contributed by atoms with Crippen LogP contribution in [0.2, 0.25) is 19.6 Å². The summed E-state index contributed by atoms with van der Waals surface area (Å²) in [5.74, 6) is 1.30. The Morgan fingerprint density at radius 3 is 2.06 bits per heavy atom. The lowest BCUT2D eigenvalue weighted by atomic mass is 9.88. The first-order chi connectivity index (χ1) is 26.0. The molecule has 4 nitrogen and oxygen atoms in total. The predicted octanol–water partition coefficient (Wildman–Crippen LogP) is 13.2. The molecule has 54 heavy (non-hydrogen) atoms. The molecular weight excluding hydrogens is 675 g/mol. The molecule has 0 aliphatic heterocycles. The highest BCUT2D eigenvalue weighted by Gasteiger charge is 2.26. The van der Waals surface area contributed by atoms with Crippen LogP contribution < -0.4 is 5.19 Å². The van der Waals surface area contributed by atoms with E-state index in [-0.39, 0.29) is 11.8 Å². The van der Waals surface area contributed by atoms with E-state index in [4.69, 9.17) is 9.40 Å². The van der Waals surface area contributed by atoms with Crippen LogP contribution in [0.3, 0.4) is 0 Å². The second-order valence-corrected chi connectivity index (χ2v) is 21.4. The summed E-state index contributed by atoms with van der Waals surface area (Å²) in [4.78, 5) is 5.51. The molecule has 0 N–H and O–H groups in total. The van der Waals surface area contributed by atoms with Gasteiger partial charge in [-0.05, 0) is 104 Å². The van der Waals surface area contributed by atoms with Gasteiger partial charge in [0.25, 0.3) is 0 Å². The summed E-state index contributed by atoms with van der Waals surface area (Å²) < 4.78 is 9.09. The van der Waals surface area contributed by atoms with Gasteiger partial charge in [0.15, 0.2) is 0 Å². The van der Waals surface area contributed by atoms with E-state index in [2.05, 4.69) is 161 Å². The highest BCUT2D eigenvalue weighted by atomic mass is 28.3. The Morgan fingerprint density at radius 1 is 0.648 bits per heavy atom. The number of benzene rings is 7. The number of fused-ring (bicyclic) bond motifs is 7. The van der Waals surface area contributed by atoms with E-state index >= 15 is 0 Å². The SMILES string of the molecule is CC(C)c1cc(-c2ccc([Si](C)(C)C)cc2)cc(C(C)C)c1-n1c(-c2cccc3c2oc2cc(C#N)ccc23)nc2cc3ccc4ccccc4c3cc21. The minimum atomic E-state index is -1.43. The van der Waals surface area contributed by atoms with Crippen LogP contribution in [0.25, 0.3) is 82.7 Å². The molecule has 2 heterocycles. The highest BCUT2D eigenvalue weighted by Crippen LogP contribution is 2.43. The molecule has 0 saturated heterocycles. The molecule has 0 aliphatic carbocycles. The maximum Gasteiger partial charge on any atom is 0.149 e. The van der Waals surface area contributed by atoms with Gasteiger partial charge in [0.2, 0.25) is 0 Å². The third kappa shape index (κ3) is 5.44. The number of nitriles is 1. The van der Waals surface area contributed by atoms with Crippen LogP contribution >= 0.6 is 0 Å². The van der Waals surface area contributed by atoms with Crippen molar-refractivity contribution in [2.75, 3.05) is 0 Å². The molecule has 264 valence electrons. The molecule has 9 aromatic rings. The largest absolute Gasteiger partial charge is 0.455 e. The van der Waals surface area contributed by atoms with Crippen LogP contribution in [-0.2, 0) is 0 Å². The molecule has 0 spiro atoms. The Balaban J connectivity index is 1.39. The number of hydrogen-bond acceptors (Lipinski definition) is 3. The monoisotopic (exact) mass is 717 g/mol. The molecule has 0 aliphatic rings. The van der Waals surface area contributed by atoms with Crippen LogP contribution in [0.1, 0.15) is 56.2 Å². The van der Waals surface area contributed by atoms with Crippen LogP contribution in [0, 0.1) is 11.3 Å². The molecule has 0 radical (unpaired) electrons. The lowest BCUT2D eigenvalue weighted by molar-refractivity contribution is 0.669. The van der Waals surface area contributed by atoms with Crippen LogP contribution in [-0.4, -0.2) is 17.6 Å². The lowest BCUT2D eigenvalue weighted by Gasteiger charge is -2.25. The van der Waals surface area contributed by atoms with Crippen LogP contribution in [0.15, 0.2) is 126 Å². The minimum absolute atomic E-state index is 0.233. The minimum Gasteiger partial charge on any atom is -0.455 e. The number of aromatic nitrogens is 2. The van der Waals surface area contributed by atoms with Crippen molar-refractivity contribution >= 4 is 67.8 Å². The summed E-state index contributed by atoms with van der Waals surface area (Å²) in [6, 6.07) is 46.0. The number of para-hydroxylation sites is 1. The number of nitrogens with zero attached hydrogens (tertiary/aromatic N) is 3. The first kappa shape index (κ1) is 33.8. The average Bonchev–Trinajstić information content (AvgIpc) is 3.73. The zero-order chi connectivity index (χ0) is 37.5. The summed E-state index contributed by atoms with van der Waals surface area (Å²) >= 11 is 0. The summed E-state index contributed by atoms with van der Waals surface area (Å²) in [5, 5.41) is 17.9. The van der Waals surface area contributed by atoms with Gasteiger partial charge in [-0.2, -0.15) is 5.26 Å². The smallest absolute Gasteiger partial charge is 0.149 e. The standard InChI is InChI=1S/C49H43N3OSi/c1-29(2)41-24-35(32-18-20-36(21-19-32)54(5,6)7)25-42(30(3)4)47(41)52-45-27-43-34(17-16-33-11-8-9-12-37(33)43)26-44(45)51-49(52)40-14-10-13-39-38-22-15-31(28-50)23-46(38)53-48(39)40/h8-27,29-30H,1-7H3. The quantitative estimate of drug-likeness (QED) is 0.127. The summed E-state index contributed by atoms with van der Waals surface area (Å²) in [5.41, 5.74) is 11.2. The molecule has 0 fully saturated rings. The summed E-state index contributed by atoms with van der Waals surface area (Å²) in [6.45, 7) is 16.4. The Labute approximate surface area is 317 Å². The molecule has 7 aromatic carbocycles. The lowest BCUT2D eigenvalue weighted by Crippen LogP contribution is -2.37. The van der Waals surface area contributed by atoms with E-state index in [9.17, 15) is 5.26 Å². The Kier molecular flexibility index (Phi) is 7.88. The van der Waals surface area contributed by atoms with Crippen molar-refractivity contribution in [1.29, 1.82) is 5.26 Å². The van der Waals surface area contributed by atoms with E-state index in [0.29, 0.717) is 11.1 Å². The third-order valence-electron chi connectivity index (χ3n) is 11.1. The van der Waals surface area contributed by atoms with E-state index in [1.54, 1.807) is 0 Å². The van der Waals surface area contributed by atoms with Crippen LogP contribution in [0.5, 0.6) is 0 Å². The predicted molar refractivity (Wildman–Crippen MR) is 230 cm³/mol. The Bertz CT molecular complexity index is 2960. The number of imidazole rings is 1. The van der Waals surface area contributed by atoms with E-state index in [1.165, 1.54) is 49.3 Å². The second kappa shape index (κ2) is 12.6. The van der Waals surface area contributed by atoms with Crippen molar-refractivity contribution in [2.45, 2.75) is 59.2 Å². The van der Waals surface area contributed by atoms with Gasteiger partial charge in [0, 0.05) is 10.8 Å². The van der Waals surface area contributed by atoms with E-state index in [0.717, 1.165) is 44.2 Å². The molecular formula is C49H43N3OSi. The van der Waals surface area contributed by atoms with Gasteiger partial charge in [-0.25, -0.2) is 4.98 Å². The molecule has 0 bridgehead atoms. The number of furan rings is 1. The fourth-order valence-electron chi connectivity index (χ4n) is 8.18. The number of hydrogen-bond donors (Lipinski definition) is 0. The first-order valence-electron chi connectivity index (χ1n) is 19.0. The normalized spacial score (nSPS) is 12.3. The van der Waals surface area contributed by atoms with Crippen molar-refractivity contribution < 1.29 is 4.42 Å². The zero-order valence-corrected chi connectivity index (χ0v) is 33.0. The maximum absolute atomic E-state index is 9.67. The maximum atomic E-state index is 9.67. The molecule has 9 rings (SSSR count). The zero-order valence-electron chi connectivity index (χ0n) is 32.0. The van der Waals surface area contributed by atoms with Crippen molar-refractivity contribution in [3.05, 3.63) is 138 Å². The fraction of sp³-hybridized carbons (Fsp3) is 0.184. The van der Waals surface area contributed by atoms with Gasteiger partial charge in [-0.1, -0.05) is 125 Å². The van der Waals surface area contributed by atoms with Crippen molar-refractivity contribution in [1.82, 2.24) is 9.55 Å². The average molecular weight is 718 g/mol. The van der Waals surface area contributed by atoms with E-state index in [1.807, 2.05) is 18.2 Å². The fourth-order valence-corrected chi connectivity index (χ4v) is 9.34. The first-order valence-corrected chi connectivity index (χ1v) is 22.5. The van der Waals surface area contributed by atoms with Crippen LogP contribution in [0.4, 0.5) is 0 Å². The number of rotatable bonds is 6. The highest BCUT2D eigenvalue weighted by molar-refractivity contribution is 6.88.